The Balaban J connectivity index is 1.96. The van der Waals surface area contributed by atoms with Crippen molar-refractivity contribution in [2.75, 3.05) is 0 Å². The fraction of sp³-hybridized carbons (Fsp3) is 0.524. The first-order valence-electron chi connectivity index (χ1n) is 9.41. The number of nitrogens with zero attached hydrogens (tertiary/aromatic N) is 1. The number of benzene rings is 1. The fourth-order valence-corrected chi connectivity index (χ4v) is 4.27. The van der Waals surface area contributed by atoms with Gasteiger partial charge in [-0.2, -0.15) is 0 Å². The molecule has 0 saturated heterocycles. The van der Waals surface area contributed by atoms with Crippen LogP contribution in [0.15, 0.2) is 40.9 Å². The van der Waals surface area contributed by atoms with Crippen LogP contribution >= 0.6 is 0 Å². The van der Waals surface area contributed by atoms with Crippen LogP contribution in [0.1, 0.15) is 63.9 Å². The van der Waals surface area contributed by atoms with Gasteiger partial charge in [0.05, 0.1) is 0 Å². The molecule has 3 rings (SSSR count). The maximum atomic E-state index is 13.2. The summed E-state index contributed by atoms with van der Waals surface area (Å²) in [6.07, 6.45) is 10.4. The second-order valence-corrected chi connectivity index (χ2v) is 7.66. The normalized spacial score (nSPS) is 25.2. The molecule has 0 aromatic heterocycles. The van der Waals surface area contributed by atoms with Crippen LogP contribution in [0.25, 0.3) is 0 Å². The molecule has 0 amide bonds. The standard InChI is InChI=1S/C21H27BN2O/c1-15-12-19(25)21(24-20(23)13-15,17-8-5-9-18(22)14-17)11-10-16-6-3-2-4-7-16/h5,8-9,13-14,16H,2-4,6-7,10-12H2,1H3,(H2,23,24). The molecule has 0 spiro atoms. The van der Waals surface area contributed by atoms with E-state index in [2.05, 4.69) is 0 Å². The second-order valence-electron chi connectivity index (χ2n) is 7.66. The summed E-state index contributed by atoms with van der Waals surface area (Å²) < 4.78 is 0. The lowest BCUT2D eigenvalue weighted by atomic mass is 9.75. The number of carbonyl (C=O) groups is 1. The number of rotatable bonds is 4. The summed E-state index contributed by atoms with van der Waals surface area (Å²) in [6.45, 7) is 1.94. The highest BCUT2D eigenvalue weighted by molar-refractivity contribution is 6.32. The molecule has 1 aliphatic carbocycles. The quantitative estimate of drug-likeness (QED) is 0.859. The Morgan fingerprint density at radius 2 is 2.04 bits per heavy atom. The molecule has 4 heteroatoms. The third-order valence-corrected chi connectivity index (χ3v) is 5.62. The molecule has 1 heterocycles. The molecule has 1 unspecified atom stereocenters. The summed E-state index contributed by atoms with van der Waals surface area (Å²) in [5.74, 6) is 1.26. The van der Waals surface area contributed by atoms with Gasteiger partial charge in [-0.25, -0.2) is 4.99 Å². The van der Waals surface area contributed by atoms with Crippen LogP contribution < -0.4 is 11.2 Å². The summed E-state index contributed by atoms with van der Waals surface area (Å²) in [7, 11) is 6.01. The Hall–Kier alpha value is -1.84. The summed E-state index contributed by atoms with van der Waals surface area (Å²) in [6, 6.07) is 7.59. The first-order chi connectivity index (χ1) is 12.0. The van der Waals surface area contributed by atoms with Crippen LogP contribution in [0.5, 0.6) is 0 Å². The zero-order chi connectivity index (χ0) is 17.9. The minimum Gasteiger partial charge on any atom is -0.384 e. The minimum atomic E-state index is -0.898. The van der Waals surface area contributed by atoms with Gasteiger partial charge >= 0.3 is 0 Å². The third kappa shape index (κ3) is 4.05. The number of hydrogen-bond donors (Lipinski definition) is 1. The van der Waals surface area contributed by atoms with E-state index in [0.717, 1.165) is 17.6 Å². The van der Waals surface area contributed by atoms with Crippen LogP contribution in [0.3, 0.4) is 0 Å². The summed E-state index contributed by atoms with van der Waals surface area (Å²) in [4.78, 5) is 18.0. The second kappa shape index (κ2) is 7.59. The van der Waals surface area contributed by atoms with Crippen molar-refractivity contribution in [1.82, 2.24) is 0 Å². The molecule has 1 aromatic rings. The Kier molecular flexibility index (Phi) is 5.46. The maximum absolute atomic E-state index is 13.2. The van der Waals surface area contributed by atoms with Crippen molar-refractivity contribution >= 4 is 24.9 Å². The molecule has 2 radical (unpaired) electrons. The predicted molar refractivity (Wildman–Crippen MR) is 104 cm³/mol. The predicted octanol–water partition coefficient (Wildman–Crippen LogP) is 3.31. The highest BCUT2D eigenvalue weighted by Crippen LogP contribution is 2.39. The number of amidine groups is 1. The zero-order valence-electron chi connectivity index (χ0n) is 15.1. The molecule has 1 aliphatic heterocycles. The van der Waals surface area contributed by atoms with E-state index in [9.17, 15) is 4.79 Å². The van der Waals surface area contributed by atoms with Crippen molar-refractivity contribution in [3.63, 3.8) is 0 Å². The van der Waals surface area contributed by atoms with Crippen molar-refractivity contribution < 1.29 is 4.79 Å². The average molecular weight is 334 g/mol. The highest BCUT2D eigenvalue weighted by atomic mass is 16.1. The van der Waals surface area contributed by atoms with Gasteiger partial charge in [0.1, 0.15) is 19.2 Å². The van der Waals surface area contributed by atoms with Crippen molar-refractivity contribution in [2.45, 2.75) is 63.8 Å². The monoisotopic (exact) mass is 334 g/mol. The van der Waals surface area contributed by atoms with Crippen LogP contribution in [-0.4, -0.2) is 19.5 Å². The molecule has 1 atom stereocenters. The number of carbonyl (C=O) groups excluding carboxylic acids is 1. The zero-order valence-corrected chi connectivity index (χ0v) is 15.1. The van der Waals surface area contributed by atoms with Crippen molar-refractivity contribution in [3.05, 3.63) is 41.5 Å². The summed E-state index contributed by atoms with van der Waals surface area (Å²) in [5, 5.41) is 0. The van der Waals surface area contributed by atoms with Crippen LogP contribution in [-0.2, 0) is 10.3 Å². The molecular weight excluding hydrogens is 307 g/mol. The Morgan fingerprint density at radius 3 is 2.76 bits per heavy atom. The van der Waals surface area contributed by atoms with E-state index in [1.54, 1.807) is 0 Å². The SMILES string of the molecule is [B]c1cccc(C2(CCC3CCCCC3)N=C(N)C=C(C)CC2=O)c1. The smallest absolute Gasteiger partial charge is 0.169 e. The van der Waals surface area contributed by atoms with Gasteiger partial charge in [0.2, 0.25) is 0 Å². The van der Waals surface area contributed by atoms with E-state index in [4.69, 9.17) is 18.6 Å². The van der Waals surface area contributed by atoms with Gasteiger partial charge in [-0.3, -0.25) is 4.79 Å². The number of hydrogen-bond acceptors (Lipinski definition) is 3. The molecule has 2 aliphatic rings. The topological polar surface area (TPSA) is 55.4 Å². The van der Waals surface area contributed by atoms with E-state index < -0.39 is 5.54 Å². The lowest BCUT2D eigenvalue weighted by Crippen LogP contribution is -2.36. The minimum absolute atomic E-state index is 0.128. The van der Waals surface area contributed by atoms with Crippen molar-refractivity contribution in [1.29, 1.82) is 0 Å². The van der Waals surface area contributed by atoms with E-state index >= 15 is 0 Å². The molecule has 25 heavy (non-hydrogen) atoms. The van der Waals surface area contributed by atoms with Gasteiger partial charge in [-0.15, -0.1) is 0 Å². The molecule has 1 aromatic carbocycles. The van der Waals surface area contributed by atoms with E-state index in [0.29, 0.717) is 30.1 Å². The van der Waals surface area contributed by atoms with Gasteiger partial charge in [0, 0.05) is 6.42 Å². The average Bonchev–Trinajstić information content (AvgIpc) is 2.69. The third-order valence-electron chi connectivity index (χ3n) is 5.62. The number of aliphatic imine (C=N–C) groups is 1. The van der Waals surface area contributed by atoms with Crippen LogP contribution in [0.2, 0.25) is 0 Å². The molecule has 3 nitrogen and oxygen atoms in total. The number of nitrogens with two attached hydrogens (primary N) is 1. The number of allylic oxidation sites excluding steroid dienone is 1. The Morgan fingerprint density at radius 1 is 1.28 bits per heavy atom. The molecule has 0 bridgehead atoms. The molecule has 130 valence electrons. The van der Waals surface area contributed by atoms with Crippen molar-refractivity contribution in [3.8, 4) is 0 Å². The van der Waals surface area contributed by atoms with Gasteiger partial charge < -0.3 is 5.73 Å². The highest BCUT2D eigenvalue weighted by Gasteiger charge is 2.41. The largest absolute Gasteiger partial charge is 0.384 e. The van der Waals surface area contributed by atoms with Crippen molar-refractivity contribution in [2.24, 2.45) is 16.6 Å². The first-order valence-corrected chi connectivity index (χ1v) is 9.41. The van der Waals surface area contributed by atoms with Gasteiger partial charge in [0.25, 0.3) is 0 Å². The van der Waals surface area contributed by atoms with Gasteiger partial charge in [-0.05, 0) is 37.3 Å². The maximum Gasteiger partial charge on any atom is 0.169 e. The summed E-state index contributed by atoms with van der Waals surface area (Å²) in [5.41, 5.74) is 7.74. The fourth-order valence-electron chi connectivity index (χ4n) is 4.27. The summed E-state index contributed by atoms with van der Waals surface area (Å²) >= 11 is 0. The van der Waals surface area contributed by atoms with E-state index in [-0.39, 0.29) is 5.78 Å². The Bertz CT molecular complexity index is 704. The van der Waals surface area contributed by atoms with Crippen LogP contribution in [0, 0.1) is 5.92 Å². The van der Waals surface area contributed by atoms with Gasteiger partial charge in [0.15, 0.2) is 5.78 Å². The molecule has 1 saturated carbocycles. The molecular formula is C21H27BN2O. The molecule has 2 N–H and O–H groups in total. The lowest BCUT2D eigenvalue weighted by Gasteiger charge is -2.32. The van der Waals surface area contributed by atoms with Gasteiger partial charge in [-0.1, -0.05) is 67.4 Å². The lowest BCUT2D eigenvalue weighted by molar-refractivity contribution is -0.124. The van der Waals surface area contributed by atoms with Crippen LogP contribution in [0.4, 0.5) is 0 Å². The Labute approximate surface area is 152 Å². The van der Waals surface area contributed by atoms with E-state index in [1.165, 1.54) is 32.1 Å². The number of Topliss-reactive ketones (excluding diaryl/α,β-unsaturated/α-hetero) is 1. The van der Waals surface area contributed by atoms with E-state index in [1.807, 2.05) is 37.3 Å². The first kappa shape index (κ1) is 18.0. The number of ketones is 1. The molecule has 1 fully saturated rings.